The molecule has 2 aromatic heterocycles. The Labute approximate surface area is 98.8 Å². The van der Waals surface area contributed by atoms with Gasteiger partial charge in [-0.1, -0.05) is 0 Å². The smallest absolute Gasteiger partial charge is 0.170 e. The number of hydrogen-bond donors (Lipinski definition) is 1. The third kappa shape index (κ3) is 1.23. The van der Waals surface area contributed by atoms with E-state index in [4.69, 9.17) is 5.73 Å². The molecule has 0 unspecified atom stereocenters. The second-order valence-corrected chi connectivity index (χ2v) is 4.45. The van der Waals surface area contributed by atoms with Crippen LogP contribution in [-0.2, 0) is 0 Å². The van der Waals surface area contributed by atoms with Crippen molar-refractivity contribution in [3.8, 4) is 0 Å². The van der Waals surface area contributed by atoms with E-state index in [-0.39, 0.29) is 0 Å². The second-order valence-electron chi connectivity index (χ2n) is 4.45. The second kappa shape index (κ2) is 3.19. The van der Waals surface area contributed by atoms with Crippen LogP contribution in [0, 0.1) is 0 Å². The van der Waals surface area contributed by atoms with Crippen LogP contribution in [0.15, 0.2) is 17.6 Å². The molecule has 6 nitrogen and oxygen atoms in total. The summed E-state index contributed by atoms with van der Waals surface area (Å²) in [6, 6.07) is 0.335. The molecule has 3 rings (SSSR count). The molecule has 0 bridgehead atoms. The molecule has 1 aliphatic rings. The van der Waals surface area contributed by atoms with Gasteiger partial charge in [-0.2, -0.15) is 5.10 Å². The third-order valence-electron chi connectivity index (χ3n) is 2.99. The number of rotatable bonds is 1. The molecule has 1 aliphatic heterocycles. The summed E-state index contributed by atoms with van der Waals surface area (Å²) >= 11 is 0. The number of hydrogen-bond acceptors (Lipinski definition) is 5. The van der Waals surface area contributed by atoms with E-state index in [1.165, 1.54) is 6.33 Å². The first kappa shape index (κ1) is 10.1. The summed E-state index contributed by atoms with van der Waals surface area (Å²) in [5.74, 6) is 0.439. The molecule has 0 aliphatic carbocycles. The van der Waals surface area contributed by atoms with Crippen molar-refractivity contribution in [1.82, 2.24) is 14.5 Å². The first-order valence-electron chi connectivity index (χ1n) is 5.53. The van der Waals surface area contributed by atoms with E-state index < -0.39 is 0 Å². The SMILES string of the molecule is CC(C)n1cc2c3c(ncnc31)C(N)=NN2C. The van der Waals surface area contributed by atoms with Crippen LogP contribution in [0.5, 0.6) is 0 Å². The van der Waals surface area contributed by atoms with Crippen LogP contribution in [0.25, 0.3) is 11.0 Å². The molecule has 17 heavy (non-hydrogen) atoms. The van der Waals surface area contributed by atoms with Gasteiger partial charge in [-0.3, -0.25) is 5.01 Å². The standard InChI is InChI=1S/C11H14N6/c1-6(2)17-4-7-8-9(10(12)15-16(7)3)13-5-14-11(8)17/h4-6H,1-3H3,(H2,12,15). The van der Waals surface area contributed by atoms with Crippen molar-refractivity contribution in [1.29, 1.82) is 0 Å². The summed E-state index contributed by atoms with van der Waals surface area (Å²) in [6.07, 6.45) is 3.58. The minimum atomic E-state index is 0.335. The van der Waals surface area contributed by atoms with Gasteiger partial charge in [0.25, 0.3) is 0 Å². The van der Waals surface area contributed by atoms with E-state index in [0.29, 0.717) is 11.9 Å². The average Bonchev–Trinajstić information content (AvgIpc) is 2.67. The summed E-state index contributed by atoms with van der Waals surface area (Å²) in [4.78, 5) is 8.57. The fourth-order valence-corrected chi connectivity index (χ4v) is 2.16. The molecule has 0 radical (unpaired) electrons. The summed E-state index contributed by atoms with van der Waals surface area (Å²) in [6.45, 7) is 4.24. The van der Waals surface area contributed by atoms with Gasteiger partial charge in [0.1, 0.15) is 17.7 Å². The Balaban J connectivity index is 2.43. The van der Waals surface area contributed by atoms with Gasteiger partial charge >= 0.3 is 0 Å². The lowest BCUT2D eigenvalue weighted by Gasteiger charge is -2.17. The Hall–Kier alpha value is -2.11. The molecule has 6 heteroatoms. The minimum Gasteiger partial charge on any atom is -0.380 e. The molecule has 0 fully saturated rings. The van der Waals surface area contributed by atoms with Gasteiger partial charge < -0.3 is 10.3 Å². The van der Waals surface area contributed by atoms with Gasteiger partial charge in [0.15, 0.2) is 5.84 Å². The molecular formula is C11H14N6. The van der Waals surface area contributed by atoms with Gasteiger partial charge in [-0.15, -0.1) is 0 Å². The van der Waals surface area contributed by atoms with E-state index in [1.54, 1.807) is 5.01 Å². The third-order valence-corrected chi connectivity index (χ3v) is 2.99. The maximum Gasteiger partial charge on any atom is 0.170 e. The van der Waals surface area contributed by atoms with Crippen molar-refractivity contribution in [3.63, 3.8) is 0 Å². The maximum atomic E-state index is 5.89. The molecule has 88 valence electrons. The fraction of sp³-hybridized carbons (Fsp3) is 0.364. The minimum absolute atomic E-state index is 0.335. The van der Waals surface area contributed by atoms with Crippen molar-refractivity contribution in [2.24, 2.45) is 10.8 Å². The Bertz CT molecular complexity index is 624. The van der Waals surface area contributed by atoms with E-state index in [9.17, 15) is 0 Å². The molecule has 0 spiro atoms. The Morgan fingerprint density at radius 3 is 2.76 bits per heavy atom. The highest BCUT2D eigenvalue weighted by atomic mass is 15.5. The van der Waals surface area contributed by atoms with Crippen molar-refractivity contribution in [2.45, 2.75) is 19.9 Å². The van der Waals surface area contributed by atoms with Crippen LogP contribution < -0.4 is 10.7 Å². The number of anilines is 1. The van der Waals surface area contributed by atoms with Gasteiger partial charge in [0, 0.05) is 19.3 Å². The number of nitrogens with zero attached hydrogens (tertiary/aromatic N) is 5. The van der Waals surface area contributed by atoms with Gasteiger partial charge in [0.05, 0.1) is 11.1 Å². The van der Waals surface area contributed by atoms with Crippen LogP contribution in [0.3, 0.4) is 0 Å². The van der Waals surface area contributed by atoms with E-state index in [1.807, 2.05) is 13.2 Å². The first-order chi connectivity index (χ1) is 8.09. The lowest BCUT2D eigenvalue weighted by atomic mass is 10.2. The summed E-state index contributed by atoms with van der Waals surface area (Å²) in [5, 5.41) is 7.00. The zero-order valence-electron chi connectivity index (χ0n) is 10.0. The molecule has 0 saturated carbocycles. The molecule has 0 atom stereocenters. The van der Waals surface area contributed by atoms with E-state index >= 15 is 0 Å². The van der Waals surface area contributed by atoms with Crippen molar-refractivity contribution in [2.75, 3.05) is 12.1 Å². The highest BCUT2D eigenvalue weighted by Crippen LogP contribution is 2.33. The summed E-state index contributed by atoms with van der Waals surface area (Å²) in [5.41, 5.74) is 8.52. The maximum absolute atomic E-state index is 5.89. The predicted octanol–water partition coefficient (Wildman–Crippen LogP) is 1.08. The predicted molar refractivity (Wildman–Crippen MR) is 67.0 cm³/mol. The van der Waals surface area contributed by atoms with Crippen LogP contribution in [0.4, 0.5) is 5.69 Å². The Kier molecular flexibility index (Phi) is 1.89. The lowest BCUT2D eigenvalue weighted by Crippen LogP contribution is -2.25. The summed E-state index contributed by atoms with van der Waals surface area (Å²) < 4.78 is 2.11. The van der Waals surface area contributed by atoms with Crippen LogP contribution in [0.1, 0.15) is 25.6 Å². The highest BCUT2D eigenvalue weighted by Gasteiger charge is 2.24. The van der Waals surface area contributed by atoms with Crippen LogP contribution in [0.2, 0.25) is 0 Å². The normalized spacial score (nSPS) is 14.6. The average molecular weight is 230 g/mol. The van der Waals surface area contributed by atoms with Crippen molar-refractivity contribution in [3.05, 3.63) is 18.2 Å². The molecule has 0 aromatic carbocycles. The molecular weight excluding hydrogens is 216 g/mol. The number of nitrogens with two attached hydrogens (primary N) is 1. The molecule has 0 amide bonds. The van der Waals surface area contributed by atoms with Crippen LogP contribution in [-0.4, -0.2) is 27.4 Å². The quantitative estimate of drug-likeness (QED) is 0.795. The fourth-order valence-electron chi connectivity index (χ4n) is 2.16. The van der Waals surface area contributed by atoms with Gasteiger partial charge in [-0.25, -0.2) is 9.97 Å². The van der Waals surface area contributed by atoms with E-state index in [0.717, 1.165) is 22.4 Å². The van der Waals surface area contributed by atoms with Crippen molar-refractivity contribution >= 4 is 22.6 Å². The topological polar surface area (TPSA) is 72.3 Å². The number of amidine groups is 1. The monoisotopic (exact) mass is 230 g/mol. The molecule has 2 N–H and O–H groups in total. The Morgan fingerprint density at radius 1 is 1.29 bits per heavy atom. The molecule has 2 aromatic rings. The molecule has 3 heterocycles. The largest absolute Gasteiger partial charge is 0.380 e. The van der Waals surface area contributed by atoms with Gasteiger partial charge in [-0.05, 0) is 13.8 Å². The zero-order chi connectivity index (χ0) is 12.2. The van der Waals surface area contributed by atoms with Crippen molar-refractivity contribution < 1.29 is 0 Å². The highest BCUT2D eigenvalue weighted by molar-refractivity contribution is 6.12. The zero-order valence-corrected chi connectivity index (χ0v) is 10.0. The first-order valence-corrected chi connectivity index (χ1v) is 5.53. The number of aromatic nitrogens is 3. The Morgan fingerprint density at radius 2 is 2.06 bits per heavy atom. The number of hydrazone groups is 1. The van der Waals surface area contributed by atoms with Crippen LogP contribution >= 0.6 is 0 Å². The molecule has 0 saturated heterocycles. The lowest BCUT2D eigenvalue weighted by molar-refractivity contribution is 0.617. The van der Waals surface area contributed by atoms with E-state index in [2.05, 4.69) is 33.5 Å². The summed E-state index contributed by atoms with van der Waals surface area (Å²) in [7, 11) is 1.88. The van der Waals surface area contributed by atoms with Gasteiger partial charge in [0.2, 0.25) is 0 Å².